The number of nitrogens with zero attached hydrogens (tertiary/aromatic N) is 1. The zero-order chi connectivity index (χ0) is 16.7. The smallest absolute Gasteiger partial charge is 0.315 e. The molecule has 124 valence electrons. The predicted octanol–water partition coefficient (Wildman–Crippen LogP) is 2.13. The minimum absolute atomic E-state index is 0.0527. The van der Waals surface area contributed by atoms with Crippen molar-refractivity contribution < 1.29 is 9.53 Å². The first-order chi connectivity index (χ1) is 11.1. The van der Waals surface area contributed by atoms with Gasteiger partial charge in [-0.1, -0.05) is 35.2 Å². The van der Waals surface area contributed by atoms with E-state index in [1.54, 1.807) is 6.07 Å². The summed E-state index contributed by atoms with van der Waals surface area (Å²) in [7, 11) is 0. The van der Waals surface area contributed by atoms with Gasteiger partial charge in [-0.2, -0.15) is 0 Å². The number of hydrogen-bond donors (Lipinski definition) is 2. The molecular formula is C16H19Cl2N3O2. The van der Waals surface area contributed by atoms with E-state index < -0.39 is 0 Å². The second-order valence-electron chi connectivity index (χ2n) is 5.24. The average molecular weight is 356 g/mol. The minimum atomic E-state index is -0.284. The Morgan fingerprint density at radius 2 is 2.22 bits per heavy atom. The molecule has 1 aliphatic heterocycles. The van der Waals surface area contributed by atoms with Gasteiger partial charge in [0.2, 0.25) is 0 Å². The van der Waals surface area contributed by atoms with E-state index in [2.05, 4.69) is 21.5 Å². The maximum absolute atomic E-state index is 11.5. The topological polar surface area (TPSA) is 53.6 Å². The van der Waals surface area contributed by atoms with Crippen LogP contribution in [0.3, 0.4) is 0 Å². The van der Waals surface area contributed by atoms with Crippen molar-refractivity contribution in [3.8, 4) is 12.3 Å². The monoisotopic (exact) mass is 355 g/mol. The van der Waals surface area contributed by atoms with Gasteiger partial charge in [-0.3, -0.25) is 4.90 Å². The molecule has 1 atom stereocenters. The van der Waals surface area contributed by atoms with E-state index in [4.69, 9.17) is 34.4 Å². The van der Waals surface area contributed by atoms with Gasteiger partial charge in [-0.25, -0.2) is 4.79 Å². The van der Waals surface area contributed by atoms with Crippen molar-refractivity contribution in [3.05, 3.63) is 33.8 Å². The van der Waals surface area contributed by atoms with Crippen LogP contribution in [0.1, 0.15) is 5.56 Å². The van der Waals surface area contributed by atoms with Crippen molar-refractivity contribution in [1.82, 2.24) is 15.5 Å². The number of urea groups is 1. The maximum atomic E-state index is 11.5. The van der Waals surface area contributed by atoms with Crippen molar-refractivity contribution in [2.45, 2.75) is 12.6 Å². The van der Waals surface area contributed by atoms with Crippen LogP contribution in [0.25, 0.3) is 0 Å². The molecule has 0 saturated carbocycles. The Kier molecular flexibility index (Phi) is 7.00. The fourth-order valence-corrected chi connectivity index (χ4v) is 2.66. The van der Waals surface area contributed by atoms with Gasteiger partial charge in [-0.15, -0.1) is 6.42 Å². The molecule has 5 nitrogen and oxygen atoms in total. The summed E-state index contributed by atoms with van der Waals surface area (Å²) >= 11 is 12.0. The highest BCUT2D eigenvalue weighted by molar-refractivity contribution is 6.42. The number of ether oxygens (including phenoxy) is 1. The molecular weight excluding hydrogens is 337 g/mol. The Bertz CT molecular complexity index is 589. The van der Waals surface area contributed by atoms with Crippen LogP contribution in [0.15, 0.2) is 18.2 Å². The Morgan fingerprint density at radius 1 is 1.39 bits per heavy atom. The molecule has 1 saturated heterocycles. The summed E-state index contributed by atoms with van der Waals surface area (Å²) in [6.45, 7) is 3.60. The van der Waals surface area contributed by atoms with Crippen LogP contribution in [-0.4, -0.2) is 49.8 Å². The first-order valence-corrected chi connectivity index (χ1v) is 8.07. The zero-order valence-corrected chi connectivity index (χ0v) is 14.2. The highest BCUT2D eigenvalue weighted by atomic mass is 35.5. The molecule has 23 heavy (non-hydrogen) atoms. The molecule has 2 rings (SSSR count). The van der Waals surface area contributed by atoms with Gasteiger partial charge in [0.25, 0.3) is 0 Å². The van der Waals surface area contributed by atoms with Crippen LogP contribution < -0.4 is 10.6 Å². The molecule has 1 aliphatic rings. The quantitative estimate of drug-likeness (QED) is 0.795. The summed E-state index contributed by atoms with van der Waals surface area (Å²) < 4.78 is 5.67. The molecule has 1 fully saturated rings. The van der Waals surface area contributed by atoms with Crippen molar-refractivity contribution in [2.75, 3.05) is 32.8 Å². The van der Waals surface area contributed by atoms with Crippen molar-refractivity contribution >= 4 is 29.2 Å². The Morgan fingerprint density at radius 3 is 2.96 bits per heavy atom. The lowest BCUT2D eigenvalue weighted by Crippen LogP contribution is -2.48. The van der Waals surface area contributed by atoms with E-state index in [1.165, 1.54) is 0 Å². The molecule has 7 heteroatoms. The second-order valence-corrected chi connectivity index (χ2v) is 6.06. The minimum Gasteiger partial charge on any atom is -0.374 e. The van der Waals surface area contributed by atoms with Gasteiger partial charge in [-0.05, 0) is 17.7 Å². The van der Waals surface area contributed by atoms with Crippen molar-refractivity contribution in [3.63, 3.8) is 0 Å². The molecule has 0 aliphatic carbocycles. The number of benzene rings is 1. The van der Waals surface area contributed by atoms with E-state index >= 15 is 0 Å². The largest absolute Gasteiger partial charge is 0.374 e. The summed E-state index contributed by atoms with van der Waals surface area (Å²) in [5.74, 6) is 2.35. The molecule has 0 aromatic heterocycles. The lowest BCUT2D eigenvalue weighted by atomic mass is 10.2. The Hall–Kier alpha value is -1.45. The first-order valence-electron chi connectivity index (χ1n) is 7.31. The highest BCUT2D eigenvalue weighted by Gasteiger charge is 2.21. The number of carbonyl (C=O) groups is 1. The third kappa shape index (κ3) is 5.92. The number of hydrogen-bond acceptors (Lipinski definition) is 3. The fraction of sp³-hybridized carbons (Fsp3) is 0.438. The number of nitrogens with one attached hydrogen (secondary N) is 2. The molecule has 0 bridgehead atoms. The van der Waals surface area contributed by atoms with Crippen LogP contribution in [0.5, 0.6) is 0 Å². The number of terminal acetylenes is 1. The summed E-state index contributed by atoms with van der Waals surface area (Å²) in [4.78, 5) is 13.7. The zero-order valence-electron chi connectivity index (χ0n) is 12.6. The summed E-state index contributed by atoms with van der Waals surface area (Å²) in [6.07, 6.45) is 5.03. The standard InChI is InChI=1S/C16H19Cl2N3O2/c1-2-5-19-16(22)20-9-13-11-21(6-7-23-13)10-12-3-4-14(17)15(18)8-12/h1,3-4,8,13H,5-7,9-11H2,(H2,19,20,22). The predicted molar refractivity (Wildman–Crippen MR) is 91.7 cm³/mol. The fourth-order valence-electron chi connectivity index (χ4n) is 2.34. The lowest BCUT2D eigenvalue weighted by Gasteiger charge is -2.33. The molecule has 2 amide bonds. The van der Waals surface area contributed by atoms with E-state index in [1.807, 2.05) is 12.1 Å². The van der Waals surface area contributed by atoms with Crippen LogP contribution >= 0.6 is 23.2 Å². The van der Waals surface area contributed by atoms with Gasteiger partial charge in [0, 0.05) is 26.2 Å². The van der Waals surface area contributed by atoms with E-state index in [-0.39, 0.29) is 18.7 Å². The number of carbonyl (C=O) groups excluding carboxylic acids is 1. The van der Waals surface area contributed by atoms with E-state index in [0.29, 0.717) is 23.2 Å². The number of halogens is 2. The molecule has 1 unspecified atom stereocenters. The van der Waals surface area contributed by atoms with Crippen molar-refractivity contribution in [1.29, 1.82) is 0 Å². The molecule has 0 radical (unpaired) electrons. The molecule has 2 N–H and O–H groups in total. The second kappa shape index (κ2) is 8.99. The van der Waals surface area contributed by atoms with Gasteiger partial charge in [0.1, 0.15) is 0 Å². The van der Waals surface area contributed by atoms with Gasteiger partial charge < -0.3 is 15.4 Å². The molecule has 1 aromatic rings. The van der Waals surface area contributed by atoms with Gasteiger partial charge >= 0.3 is 6.03 Å². The molecule has 1 heterocycles. The normalized spacial score (nSPS) is 18.2. The van der Waals surface area contributed by atoms with Gasteiger partial charge in [0.15, 0.2) is 0 Å². The first kappa shape index (κ1) is 17.9. The van der Waals surface area contributed by atoms with Crippen LogP contribution in [0, 0.1) is 12.3 Å². The third-order valence-electron chi connectivity index (χ3n) is 3.45. The lowest BCUT2D eigenvalue weighted by molar-refractivity contribution is -0.0286. The highest BCUT2D eigenvalue weighted by Crippen LogP contribution is 2.23. The van der Waals surface area contributed by atoms with Crippen LogP contribution in [-0.2, 0) is 11.3 Å². The van der Waals surface area contributed by atoms with Crippen LogP contribution in [0.2, 0.25) is 10.0 Å². The number of amides is 2. The van der Waals surface area contributed by atoms with Crippen molar-refractivity contribution in [2.24, 2.45) is 0 Å². The average Bonchev–Trinajstić information content (AvgIpc) is 2.55. The van der Waals surface area contributed by atoms with E-state index in [9.17, 15) is 4.79 Å². The Balaban J connectivity index is 1.80. The summed E-state index contributed by atoms with van der Waals surface area (Å²) in [5, 5.41) is 6.41. The Labute approximate surface area is 146 Å². The maximum Gasteiger partial charge on any atom is 0.315 e. The number of rotatable bonds is 5. The third-order valence-corrected chi connectivity index (χ3v) is 4.19. The summed E-state index contributed by atoms with van der Waals surface area (Å²) in [5.41, 5.74) is 1.10. The molecule has 0 spiro atoms. The number of morpholine rings is 1. The van der Waals surface area contributed by atoms with Gasteiger partial charge in [0.05, 0.1) is 29.3 Å². The SMILES string of the molecule is C#CCNC(=O)NCC1CN(Cc2ccc(Cl)c(Cl)c2)CCO1. The van der Waals surface area contributed by atoms with Crippen LogP contribution in [0.4, 0.5) is 4.79 Å². The summed E-state index contributed by atoms with van der Waals surface area (Å²) in [6, 6.07) is 5.35. The molecule has 1 aromatic carbocycles. The van der Waals surface area contributed by atoms with E-state index in [0.717, 1.165) is 25.2 Å².